The summed E-state index contributed by atoms with van der Waals surface area (Å²) in [5, 5.41) is 4.66. The number of likely N-dealkylation sites (tertiary alicyclic amines) is 1. The van der Waals surface area contributed by atoms with Gasteiger partial charge in [-0.25, -0.2) is 4.98 Å². The lowest BCUT2D eigenvalue weighted by Crippen LogP contribution is -2.44. The van der Waals surface area contributed by atoms with E-state index >= 15 is 0 Å². The molecule has 0 spiro atoms. The molecule has 4 aromatic rings. The van der Waals surface area contributed by atoms with Gasteiger partial charge in [0.2, 0.25) is 11.9 Å². The van der Waals surface area contributed by atoms with Gasteiger partial charge in [0.15, 0.2) is 0 Å². The Kier molecular flexibility index (Phi) is 8.11. The molecule has 0 saturated carbocycles. The van der Waals surface area contributed by atoms with Crippen LogP contribution in [0.15, 0.2) is 53.5 Å². The van der Waals surface area contributed by atoms with Gasteiger partial charge in [0.05, 0.1) is 11.6 Å². The van der Waals surface area contributed by atoms with Gasteiger partial charge in [0, 0.05) is 79.2 Å². The summed E-state index contributed by atoms with van der Waals surface area (Å²) in [4.78, 5) is 43.1. The van der Waals surface area contributed by atoms with Crippen molar-refractivity contribution in [3.63, 3.8) is 0 Å². The predicted octanol–water partition coefficient (Wildman–Crippen LogP) is 5.41. The van der Waals surface area contributed by atoms with Crippen molar-refractivity contribution < 1.29 is 4.79 Å². The number of fused-ring (bicyclic) bond motifs is 1. The second-order valence-electron chi connectivity index (χ2n) is 11.6. The first-order chi connectivity index (χ1) is 20.7. The number of hydrogen-bond acceptors (Lipinski definition) is 7. The number of amides is 1. The molecule has 2 aliphatic heterocycles. The summed E-state index contributed by atoms with van der Waals surface area (Å²) in [7, 11) is 2.16. The van der Waals surface area contributed by atoms with Crippen LogP contribution < -0.4 is 15.8 Å². The largest absolute Gasteiger partial charge is 0.369 e. The van der Waals surface area contributed by atoms with Crippen molar-refractivity contribution in [2.24, 2.45) is 0 Å². The molecular weight excluding hydrogens is 562 g/mol. The number of aromatic nitrogens is 3. The van der Waals surface area contributed by atoms with E-state index in [4.69, 9.17) is 16.6 Å². The van der Waals surface area contributed by atoms with Crippen LogP contribution in [0, 0.1) is 13.8 Å². The number of carbonyl (C=O) groups is 1. The average Bonchev–Trinajstić information content (AvgIpc) is 3.48. The van der Waals surface area contributed by atoms with Crippen LogP contribution in [0.1, 0.15) is 36.9 Å². The number of aryl methyl sites for hydroxylation is 2. The number of likely N-dealkylation sites (N-methyl/N-ethyl adjacent to an activating group) is 1. The molecule has 2 aromatic heterocycles. The third-order valence-corrected chi connectivity index (χ3v) is 9.16. The first-order valence-corrected chi connectivity index (χ1v) is 15.4. The topological polar surface area (TPSA) is 86.6 Å². The second kappa shape index (κ2) is 12.0. The minimum atomic E-state index is -0.208. The third-order valence-electron chi connectivity index (χ3n) is 8.83. The van der Waals surface area contributed by atoms with Crippen LogP contribution in [0.4, 0.5) is 17.3 Å². The number of hydrogen-bond donors (Lipinski definition) is 1. The zero-order chi connectivity index (χ0) is 30.2. The summed E-state index contributed by atoms with van der Waals surface area (Å²) < 4.78 is 1.76. The minimum absolute atomic E-state index is 0.0886. The van der Waals surface area contributed by atoms with Crippen molar-refractivity contribution in [1.82, 2.24) is 24.3 Å². The van der Waals surface area contributed by atoms with E-state index in [0.717, 1.165) is 42.8 Å². The highest BCUT2D eigenvalue weighted by atomic mass is 35.5. The first kappa shape index (κ1) is 29.1. The van der Waals surface area contributed by atoms with Crippen LogP contribution in [0.3, 0.4) is 0 Å². The Hall–Kier alpha value is -3.95. The molecule has 9 nitrogen and oxygen atoms in total. The third kappa shape index (κ3) is 5.59. The standard InChI is InChI=1S/C33H38ClN7O2/c1-5-29(42)40-13-12-24(20-40)41-31-26(22(3)30(32(41)43)25-8-6-7-9-27(25)34)19-35-33(37-31)36-23-10-11-28(21(2)18-23)39-16-14-38(4)15-17-39/h6-11,18-19,24H,5,12-17,20H2,1-4H3,(H,35,36,37). The highest BCUT2D eigenvalue weighted by Gasteiger charge is 2.31. The lowest BCUT2D eigenvalue weighted by atomic mass is 9.99. The number of carbonyl (C=O) groups excluding carboxylic acids is 1. The maximum atomic E-state index is 14.3. The van der Waals surface area contributed by atoms with Crippen LogP contribution in [-0.2, 0) is 4.79 Å². The summed E-state index contributed by atoms with van der Waals surface area (Å²) in [5.74, 6) is 0.502. The van der Waals surface area contributed by atoms with Gasteiger partial charge in [-0.15, -0.1) is 0 Å². The van der Waals surface area contributed by atoms with Crippen molar-refractivity contribution in [3.05, 3.63) is 75.2 Å². The fourth-order valence-electron chi connectivity index (χ4n) is 6.38. The molecule has 1 N–H and O–H groups in total. The normalized spacial score (nSPS) is 17.6. The van der Waals surface area contributed by atoms with Crippen LogP contribution in [0.2, 0.25) is 5.02 Å². The number of pyridine rings is 1. The Morgan fingerprint density at radius 2 is 1.84 bits per heavy atom. The van der Waals surface area contributed by atoms with Crippen LogP contribution in [0.5, 0.6) is 0 Å². The lowest BCUT2D eigenvalue weighted by Gasteiger charge is -2.35. The summed E-state index contributed by atoms with van der Waals surface area (Å²) in [5.41, 5.74) is 5.69. The van der Waals surface area contributed by atoms with Gasteiger partial charge in [-0.2, -0.15) is 4.98 Å². The van der Waals surface area contributed by atoms with E-state index in [9.17, 15) is 9.59 Å². The summed E-state index contributed by atoms with van der Waals surface area (Å²) in [6.07, 6.45) is 2.89. The van der Waals surface area contributed by atoms with Crippen molar-refractivity contribution in [1.29, 1.82) is 0 Å². The van der Waals surface area contributed by atoms with E-state index in [-0.39, 0.29) is 17.5 Å². The molecule has 2 aromatic carbocycles. The molecule has 2 saturated heterocycles. The Labute approximate surface area is 257 Å². The molecule has 43 heavy (non-hydrogen) atoms. The van der Waals surface area contributed by atoms with Crippen molar-refractivity contribution in [2.75, 3.05) is 56.5 Å². The van der Waals surface area contributed by atoms with Gasteiger partial charge < -0.3 is 20.0 Å². The Morgan fingerprint density at radius 1 is 1.07 bits per heavy atom. The first-order valence-electron chi connectivity index (χ1n) is 15.0. The molecule has 224 valence electrons. The molecule has 2 fully saturated rings. The smallest absolute Gasteiger partial charge is 0.260 e. The fourth-order valence-corrected chi connectivity index (χ4v) is 6.61. The number of halogens is 1. The predicted molar refractivity (Wildman–Crippen MR) is 174 cm³/mol. The number of anilines is 3. The van der Waals surface area contributed by atoms with Gasteiger partial charge in [0.25, 0.3) is 5.56 Å². The van der Waals surface area contributed by atoms with E-state index in [0.29, 0.717) is 53.7 Å². The van der Waals surface area contributed by atoms with Crippen LogP contribution in [-0.4, -0.2) is 76.6 Å². The number of nitrogens with zero attached hydrogens (tertiary/aromatic N) is 6. The fraction of sp³-hybridized carbons (Fsp3) is 0.394. The van der Waals surface area contributed by atoms with Crippen LogP contribution in [0.25, 0.3) is 22.2 Å². The highest BCUT2D eigenvalue weighted by molar-refractivity contribution is 6.33. The van der Waals surface area contributed by atoms with Crippen LogP contribution >= 0.6 is 11.6 Å². The average molecular weight is 600 g/mol. The maximum Gasteiger partial charge on any atom is 0.260 e. The number of benzene rings is 2. The summed E-state index contributed by atoms with van der Waals surface area (Å²) in [6, 6.07) is 13.5. The molecular formula is C33H38ClN7O2. The van der Waals surface area contributed by atoms with Crippen molar-refractivity contribution in [2.45, 2.75) is 39.7 Å². The molecule has 4 heterocycles. The van der Waals surface area contributed by atoms with Gasteiger partial charge in [-0.3, -0.25) is 14.2 Å². The lowest BCUT2D eigenvalue weighted by molar-refractivity contribution is -0.129. The Balaban J connectivity index is 1.41. The Morgan fingerprint density at radius 3 is 2.56 bits per heavy atom. The quantitative estimate of drug-likeness (QED) is 0.317. The van der Waals surface area contributed by atoms with E-state index < -0.39 is 0 Å². The molecule has 0 radical (unpaired) electrons. The molecule has 1 amide bonds. The van der Waals surface area contributed by atoms with E-state index in [2.05, 4.69) is 52.3 Å². The summed E-state index contributed by atoms with van der Waals surface area (Å²) in [6.45, 7) is 11.1. The second-order valence-corrected chi connectivity index (χ2v) is 12.0. The van der Waals surface area contributed by atoms with Gasteiger partial charge >= 0.3 is 0 Å². The van der Waals surface area contributed by atoms with Gasteiger partial charge in [-0.05, 0) is 62.7 Å². The number of rotatable bonds is 6. The zero-order valence-electron chi connectivity index (χ0n) is 25.2. The molecule has 10 heteroatoms. The molecule has 1 unspecified atom stereocenters. The van der Waals surface area contributed by atoms with E-state index in [1.165, 1.54) is 11.3 Å². The SMILES string of the molecule is CCC(=O)N1CCC(n2c(=O)c(-c3ccccc3Cl)c(C)c3cnc(Nc4ccc(N5CCN(C)CC5)c(C)c4)nc32)C1. The molecule has 1 atom stereocenters. The van der Waals surface area contributed by atoms with Crippen molar-refractivity contribution in [3.8, 4) is 11.1 Å². The van der Waals surface area contributed by atoms with Gasteiger partial charge in [0.1, 0.15) is 5.65 Å². The molecule has 0 bridgehead atoms. The minimum Gasteiger partial charge on any atom is -0.369 e. The highest BCUT2D eigenvalue weighted by Crippen LogP contribution is 2.34. The van der Waals surface area contributed by atoms with Crippen molar-refractivity contribution >= 4 is 45.9 Å². The molecule has 2 aliphatic rings. The molecule has 0 aliphatic carbocycles. The summed E-state index contributed by atoms with van der Waals surface area (Å²) >= 11 is 6.60. The maximum absolute atomic E-state index is 14.3. The monoisotopic (exact) mass is 599 g/mol. The van der Waals surface area contributed by atoms with Gasteiger partial charge in [-0.1, -0.05) is 36.7 Å². The Bertz CT molecular complexity index is 1750. The van der Waals surface area contributed by atoms with E-state index in [1.807, 2.05) is 36.9 Å². The zero-order valence-corrected chi connectivity index (χ0v) is 26.0. The number of piperazine rings is 1. The number of nitrogens with one attached hydrogen (secondary N) is 1. The van der Waals surface area contributed by atoms with E-state index in [1.54, 1.807) is 16.8 Å². The molecule has 6 rings (SSSR count).